The summed E-state index contributed by atoms with van der Waals surface area (Å²) in [4.78, 5) is 11.7. The normalized spacial score (nSPS) is 19.9. The molecule has 0 aromatic heterocycles. The van der Waals surface area contributed by atoms with Crippen molar-refractivity contribution in [2.75, 3.05) is 13.2 Å². The van der Waals surface area contributed by atoms with Crippen LogP contribution >= 0.6 is 15.9 Å². The highest BCUT2D eigenvalue weighted by Gasteiger charge is 2.59. The van der Waals surface area contributed by atoms with Gasteiger partial charge in [0, 0.05) is 4.47 Å². The Morgan fingerprint density at radius 1 is 1.26 bits per heavy atom. The maximum Gasteiger partial charge on any atom is 0.259 e. The second-order valence-electron chi connectivity index (χ2n) is 4.70. The lowest BCUT2D eigenvalue weighted by atomic mass is 10.2. The average molecular weight is 348 g/mol. The Balaban J connectivity index is 1.91. The van der Waals surface area contributed by atoms with Gasteiger partial charge in [-0.25, -0.2) is 12.7 Å². The second-order valence-corrected chi connectivity index (χ2v) is 8.02. The van der Waals surface area contributed by atoms with Crippen LogP contribution in [0.4, 0.5) is 0 Å². The summed E-state index contributed by atoms with van der Waals surface area (Å²) in [5.41, 5.74) is 0. The molecule has 1 fully saturated rings. The van der Waals surface area contributed by atoms with Crippen molar-refractivity contribution < 1.29 is 17.9 Å². The lowest BCUT2D eigenvalue weighted by Gasteiger charge is -2.42. The van der Waals surface area contributed by atoms with Gasteiger partial charge in [0.05, 0.1) is 6.54 Å². The molecule has 0 saturated carbocycles. The molecule has 0 radical (unpaired) electrons. The zero-order chi connectivity index (χ0) is 14.3. The molecule has 1 aromatic carbocycles. The van der Waals surface area contributed by atoms with Crippen LogP contribution in [0.1, 0.15) is 13.8 Å². The SMILES string of the molecule is CC1(C)C(=O)N(CCOc2ccc(Br)cc2)S1(=O)=O. The van der Waals surface area contributed by atoms with Gasteiger partial charge in [0.2, 0.25) is 0 Å². The van der Waals surface area contributed by atoms with E-state index < -0.39 is 14.8 Å². The highest BCUT2D eigenvalue weighted by Crippen LogP contribution is 2.34. The number of hydrogen-bond donors (Lipinski definition) is 0. The molecule has 1 aliphatic heterocycles. The third kappa shape index (κ3) is 2.36. The first-order valence-corrected chi connectivity index (χ1v) is 7.95. The number of nitrogens with zero attached hydrogens (tertiary/aromatic N) is 1. The zero-order valence-electron chi connectivity index (χ0n) is 10.6. The van der Waals surface area contributed by atoms with E-state index in [2.05, 4.69) is 15.9 Å². The van der Waals surface area contributed by atoms with Gasteiger partial charge >= 0.3 is 0 Å². The smallest absolute Gasteiger partial charge is 0.259 e. The Kier molecular flexibility index (Phi) is 3.61. The number of ether oxygens (including phenoxy) is 1. The Hall–Kier alpha value is -1.08. The van der Waals surface area contributed by atoms with Crippen LogP contribution < -0.4 is 4.74 Å². The van der Waals surface area contributed by atoms with Gasteiger partial charge in [-0.15, -0.1) is 0 Å². The lowest BCUT2D eigenvalue weighted by Crippen LogP contribution is -2.67. The van der Waals surface area contributed by atoms with Gasteiger partial charge in [-0.3, -0.25) is 4.79 Å². The summed E-state index contributed by atoms with van der Waals surface area (Å²) in [6.07, 6.45) is 0. The van der Waals surface area contributed by atoms with Crippen LogP contribution in [0.3, 0.4) is 0 Å². The molecule has 19 heavy (non-hydrogen) atoms. The third-order valence-corrected chi connectivity index (χ3v) is 5.98. The van der Waals surface area contributed by atoms with Crippen molar-refractivity contribution in [3.63, 3.8) is 0 Å². The molecular formula is C12H14BrNO4S. The molecule has 1 aliphatic rings. The molecule has 7 heteroatoms. The van der Waals surface area contributed by atoms with Crippen molar-refractivity contribution in [2.45, 2.75) is 18.6 Å². The molecule has 0 N–H and O–H groups in total. The van der Waals surface area contributed by atoms with E-state index in [9.17, 15) is 13.2 Å². The Morgan fingerprint density at radius 2 is 1.84 bits per heavy atom. The molecular weight excluding hydrogens is 334 g/mol. The average Bonchev–Trinajstić information content (AvgIpc) is 2.35. The highest BCUT2D eigenvalue weighted by atomic mass is 79.9. The minimum absolute atomic E-state index is 0.0423. The van der Waals surface area contributed by atoms with Crippen LogP contribution in [-0.4, -0.2) is 36.5 Å². The zero-order valence-corrected chi connectivity index (χ0v) is 13.0. The summed E-state index contributed by atoms with van der Waals surface area (Å²) in [5, 5.41) is 0. The maximum absolute atomic E-state index is 11.8. The topological polar surface area (TPSA) is 63.7 Å². The summed E-state index contributed by atoms with van der Waals surface area (Å²) in [6.45, 7) is 3.01. The van der Waals surface area contributed by atoms with Gasteiger partial charge in [0.1, 0.15) is 12.4 Å². The van der Waals surface area contributed by atoms with Gasteiger partial charge in [-0.05, 0) is 38.1 Å². The van der Waals surface area contributed by atoms with Crippen molar-refractivity contribution in [1.29, 1.82) is 0 Å². The fourth-order valence-corrected chi connectivity index (χ4v) is 3.53. The Bertz CT molecular complexity index is 595. The highest BCUT2D eigenvalue weighted by molar-refractivity contribution is 9.10. The summed E-state index contributed by atoms with van der Waals surface area (Å²) < 4.78 is 29.5. The van der Waals surface area contributed by atoms with E-state index in [0.29, 0.717) is 5.75 Å². The van der Waals surface area contributed by atoms with Crippen LogP contribution in [0.2, 0.25) is 0 Å². The number of rotatable bonds is 4. The van der Waals surface area contributed by atoms with E-state index in [-0.39, 0.29) is 19.1 Å². The molecule has 0 spiro atoms. The Morgan fingerprint density at radius 3 is 2.37 bits per heavy atom. The van der Waals surface area contributed by atoms with E-state index >= 15 is 0 Å². The van der Waals surface area contributed by atoms with Gasteiger partial charge in [-0.2, -0.15) is 0 Å². The first-order valence-electron chi connectivity index (χ1n) is 5.72. The first-order chi connectivity index (χ1) is 8.76. The van der Waals surface area contributed by atoms with Crippen LogP contribution in [0, 0.1) is 0 Å². The molecule has 5 nitrogen and oxygen atoms in total. The van der Waals surface area contributed by atoms with Crippen molar-refractivity contribution in [1.82, 2.24) is 4.31 Å². The van der Waals surface area contributed by atoms with Gasteiger partial charge in [-0.1, -0.05) is 15.9 Å². The fourth-order valence-electron chi connectivity index (χ4n) is 1.76. The largest absolute Gasteiger partial charge is 0.492 e. The fraction of sp³-hybridized carbons (Fsp3) is 0.417. The first kappa shape index (κ1) is 14.3. The third-order valence-electron chi connectivity index (χ3n) is 3.05. The van der Waals surface area contributed by atoms with E-state index in [0.717, 1.165) is 8.78 Å². The minimum atomic E-state index is -3.51. The molecule has 0 bridgehead atoms. The summed E-state index contributed by atoms with van der Waals surface area (Å²) in [5.74, 6) is 0.250. The van der Waals surface area contributed by atoms with Gasteiger partial charge < -0.3 is 4.74 Å². The van der Waals surface area contributed by atoms with E-state index in [1.165, 1.54) is 13.8 Å². The van der Waals surface area contributed by atoms with Gasteiger partial charge in [0.15, 0.2) is 4.75 Å². The van der Waals surface area contributed by atoms with Crippen molar-refractivity contribution in [2.24, 2.45) is 0 Å². The van der Waals surface area contributed by atoms with Gasteiger partial charge in [0.25, 0.3) is 15.9 Å². The van der Waals surface area contributed by atoms with E-state index in [1.54, 1.807) is 12.1 Å². The minimum Gasteiger partial charge on any atom is -0.492 e. The predicted molar refractivity (Wildman–Crippen MR) is 74.3 cm³/mol. The molecule has 2 rings (SSSR count). The molecule has 1 saturated heterocycles. The number of halogens is 1. The molecule has 104 valence electrons. The van der Waals surface area contributed by atoms with Crippen LogP contribution in [-0.2, 0) is 14.8 Å². The predicted octanol–water partition coefficient (Wildman–Crippen LogP) is 1.78. The standard InChI is InChI=1S/C12H14BrNO4S/c1-12(2)11(15)14(19(12,16)17)7-8-18-10-5-3-9(13)4-6-10/h3-6H,7-8H2,1-2H3. The van der Waals surface area contributed by atoms with E-state index in [1.807, 2.05) is 12.1 Å². The number of benzene rings is 1. The van der Waals surface area contributed by atoms with Crippen LogP contribution in [0.15, 0.2) is 28.7 Å². The molecule has 0 atom stereocenters. The maximum atomic E-state index is 11.8. The number of carbonyl (C=O) groups excluding carboxylic acids is 1. The van der Waals surface area contributed by atoms with Crippen molar-refractivity contribution in [3.05, 3.63) is 28.7 Å². The number of carbonyl (C=O) groups is 1. The number of hydrogen-bond acceptors (Lipinski definition) is 4. The van der Waals surface area contributed by atoms with Crippen molar-refractivity contribution in [3.8, 4) is 5.75 Å². The van der Waals surface area contributed by atoms with E-state index in [4.69, 9.17) is 4.74 Å². The quantitative estimate of drug-likeness (QED) is 0.832. The van der Waals surface area contributed by atoms with Crippen LogP contribution in [0.25, 0.3) is 0 Å². The lowest BCUT2D eigenvalue weighted by molar-refractivity contribution is -0.132. The molecule has 1 amide bonds. The van der Waals surface area contributed by atoms with Crippen LogP contribution in [0.5, 0.6) is 5.75 Å². The number of sulfonamides is 1. The molecule has 0 unspecified atom stereocenters. The number of amides is 1. The monoisotopic (exact) mass is 347 g/mol. The summed E-state index contributed by atoms with van der Waals surface area (Å²) >= 11 is 3.30. The molecule has 1 heterocycles. The summed E-state index contributed by atoms with van der Waals surface area (Å²) in [6, 6.07) is 7.18. The van der Waals surface area contributed by atoms with Crippen molar-refractivity contribution >= 4 is 31.9 Å². The Labute approximate surface area is 120 Å². The molecule has 1 aromatic rings. The second kappa shape index (κ2) is 4.79. The molecule has 0 aliphatic carbocycles. The summed E-state index contributed by atoms with van der Waals surface area (Å²) in [7, 11) is -3.51.